The van der Waals surface area contributed by atoms with Gasteiger partial charge in [0.25, 0.3) is 0 Å². The summed E-state index contributed by atoms with van der Waals surface area (Å²) in [7, 11) is 0. The smallest absolute Gasteiger partial charge is 0.132 e. The van der Waals surface area contributed by atoms with E-state index >= 15 is 0 Å². The fourth-order valence-corrected chi connectivity index (χ4v) is 2.29. The van der Waals surface area contributed by atoms with Crippen LogP contribution in [0.15, 0.2) is 42.5 Å². The van der Waals surface area contributed by atoms with Gasteiger partial charge in [0, 0.05) is 23.9 Å². The van der Waals surface area contributed by atoms with Crippen molar-refractivity contribution in [1.82, 2.24) is 0 Å². The zero-order valence-electron chi connectivity index (χ0n) is 12.0. The van der Waals surface area contributed by atoms with Gasteiger partial charge in [-0.15, -0.1) is 0 Å². The van der Waals surface area contributed by atoms with Crippen molar-refractivity contribution in [1.29, 1.82) is 0 Å². The molecular formula is C17H20FNO2. The first-order chi connectivity index (χ1) is 10.1. The number of hydrogen-bond donors (Lipinski definition) is 3. The van der Waals surface area contributed by atoms with Gasteiger partial charge in [-0.25, -0.2) is 4.39 Å². The van der Waals surface area contributed by atoms with Gasteiger partial charge in [0.2, 0.25) is 0 Å². The van der Waals surface area contributed by atoms with Crippen molar-refractivity contribution >= 4 is 5.69 Å². The lowest BCUT2D eigenvalue weighted by Gasteiger charge is -2.17. The van der Waals surface area contributed by atoms with E-state index < -0.39 is 5.82 Å². The minimum atomic E-state index is -0.425. The van der Waals surface area contributed by atoms with Crippen LogP contribution >= 0.6 is 0 Å². The summed E-state index contributed by atoms with van der Waals surface area (Å²) in [6.07, 6.45) is 1.54. The number of aryl methyl sites for hydroxylation is 1. The van der Waals surface area contributed by atoms with E-state index in [2.05, 4.69) is 5.32 Å². The third kappa shape index (κ3) is 4.20. The number of nitrogens with one attached hydrogen (secondary N) is 1. The molecule has 112 valence electrons. The van der Waals surface area contributed by atoms with Crippen LogP contribution in [0.2, 0.25) is 0 Å². The van der Waals surface area contributed by atoms with Gasteiger partial charge in [-0.05, 0) is 43.5 Å². The zero-order valence-corrected chi connectivity index (χ0v) is 12.0. The Morgan fingerprint density at radius 1 is 1.19 bits per heavy atom. The third-order valence-corrected chi connectivity index (χ3v) is 3.38. The summed E-state index contributed by atoms with van der Waals surface area (Å²) < 4.78 is 13.8. The molecule has 2 rings (SSSR count). The molecule has 0 amide bonds. The molecule has 2 aromatic rings. The summed E-state index contributed by atoms with van der Waals surface area (Å²) >= 11 is 0. The number of phenols is 1. The molecule has 2 aromatic carbocycles. The van der Waals surface area contributed by atoms with E-state index in [0.717, 1.165) is 30.2 Å². The maximum absolute atomic E-state index is 13.8. The van der Waals surface area contributed by atoms with Gasteiger partial charge in [0.15, 0.2) is 0 Å². The molecule has 1 unspecified atom stereocenters. The Kier molecular flexibility index (Phi) is 5.17. The Bertz CT molecular complexity index is 601. The summed E-state index contributed by atoms with van der Waals surface area (Å²) in [6.45, 7) is 2.04. The standard InChI is InChI=1S/C17H20FNO2/c1-12(16-8-7-15(21)11-17(16)18)19-14-6-2-4-13(10-14)5-3-9-20/h2,4,6-8,10-12,19-21H,3,5,9H2,1H3. The number of phenolic OH excluding ortho intramolecular Hbond substituents is 1. The minimum absolute atomic E-state index is 0.0746. The van der Waals surface area contributed by atoms with Crippen LogP contribution in [0.4, 0.5) is 10.1 Å². The van der Waals surface area contributed by atoms with Crippen molar-refractivity contribution in [2.75, 3.05) is 11.9 Å². The highest BCUT2D eigenvalue weighted by Crippen LogP contribution is 2.25. The Morgan fingerprint density at radius 2 is 2.00 bits per heavy atom. The lowest BCUT2D eigenvalue weighted by atomic mass is 10.1. The molecule has 0 saturated heterocycles. The van der Waals surface area contributed by atoms with Crippen molar-refractivity contribution < 1.29 is 14.6 Å². The number of halogens is 1. The Balaban J connectivity index is 2.10. The zero-order chi connectivity index (χ0) is 15.2. The van der Waals surface area contributed by atoms with E-state index in [1.165, 1.54) is 6.07 Å². The van der Waals surface area contributed by atoms with Crippen LogP contribution < -0.4 is 5.32 Å². The maximum Gasteiger partial charge on any atom is 0.132 e. The van der Waals surface area contributed by atoms with Crippen LogP contribution in [0.25, 0.3) is 0 Å². The molecule has 1 atom stereocenters. The number of hydrogen-bond acceptors (Lipinski definition) is 3. The Labute approximate surface area is 124 Å². The summed E-state index contributed by atoms with van der Waals surface area (Å²) in [5.74, 6) is -0.499. The average Bonchev–Trinajstić information content (AvgIpc) is 2.45. The molecular weight excluding hydrogens is 269 g/mol. The van der Waals surface area contributed by atoms with Crippen LogP contribution in [0.1, 0.15) is 30.5 Å². The predicted molar refractivity (Wildman–Crippen MR) is 82.0 cm³/mol. The molecule has 0 saturated carbocycles. The summed E-state index contributed by atoms with van der Waals surface area (Å²) in [5, 5.41) is 21.4. The molecule has 0 aromatic heterocycles. The first-order valence-electron chi connectivity index (χ1n) is 7.05. The van der Waals surface area contributed by atoms with Gasteiger partial charge in [0.05, 0.1) is 6.04 Å². The number of benzene rings is 2. The van der Waals surface area contributed by atoms with Crippen molar-refractivity contribution in [2.24, 2.45) is 0 Å². The molecule has 4 heteroatoms. The van der Waals surface area contributed by atoms with Crippen LogP contribution in [0, 0.1) is 5.82 Å². The van der Waals surface area contributed by atoms with Gasteiger partial charge in [0.1, 0.15) is 11.6 Å². The topological polar surface area (TPSA) is 52.5 Å². The van der Waals surface area contributed by atoms with E-state index in [9.17, 15) is 9.50 Å². The van der Waals surface area contributed by atoms with Gasteiger partial charge in [-0.1, -0.05) is 18.2 Å². The average molecular weight is 289 g/mol. The lowest BCUT2D eigenvalue weighted by Crippen LogP contribution is -2.08. The third-order valence-electron chi connectivity index (χ3n) is 3.38. The fourth-order valence-electron chi connectivity index (χ4n) is 2.29. The van der Waals surface area contributed by atoms with E-state index in [1.807, 2.05) is 31.2 Å². The highest BCUT2D eigenvalue weighted by molar-refractivity contribution is 5.48. The van der Waals surface area contributed by atoms with E-state index in [0.29, 0.717) is 5.56 Å². The summed E-state index contributed by atoms with van der Waals surface area (Å²) in [6, 6.07) is 11.8. The Morgan fingerprint density at radius 3 is 2.71 bits per heavy atom. The molecule has 3 N–H and O–H groups in total. The first kappa shape index (κ1) is 15.3. The normalized spacial score (nSPS) is 12.1. The van der Waals surface area contributed by atoms with Gasteiger partial charge >= 0.3 is 0 Å². The minimum Gasteiger partial charge on any atom is -0.508 e. The van der Waals surface area contributed by atoms with Gasteiger partial charge in [-0.3, -0.25) is 0 Å². The number of anilines is 1. The van der Waals surface area contributed by atoms with E-state index in [4.69, 9.17) is 5.11 Å². The molecule has 0 aliphatic carbocycles. The Hall–Kier alpha value is -2.07. The fraction of sp³-hybridized carbons (Fsp3) is 0.294. The second-order valence-corrected chi connectivity index (χ2v) is 5.10. The molecule has 21 heavy (non-hydrogen) atoms. The number of rotatable bonds is 6. The second kappa shape index (κ2) is 7.09. The van der Waals surface area contributed by atoms with Crippen molar-refractivity contribution in [3.63, 3.8) is 0 Å². The van der Waals surface area contributed by atoms with Gasteiger partial charge in [-0.2, -0.15) is 0 Å². The van der Waals surface area contributed by atoms with E-state index in [1.54, 1.807) is 6.07 Å². The molecule has 3 nitrogen and oxygen atoms in total. The number of aliphatic hydroxyl groups is 1. The van der Waals surface area contributed by atoms with Crippen LogP contribution in [-0.2, 0) is 6.42 Å². The lowest BCUT2D eigenvalue weighted by molar-refractivity contribution is 0.288. The number of aliphatic hydroxyl groups excluding tert-OH is 1. The summed E-state index contributed by atoms with van der Waals surface area (Å²) in [5.41, 5.74) is 2.55. The number of aromatic hydroxyl groups is 1. The van der Waals surface area contributed by atoms with E-state index in [-0.39, 0.29) is 18.4 Å². The summed E-state index contributed by atoms with van der Waals surface area (Å²) in [4.78, 5) is 0. The second-order valence-electron chi connectivity index (χ2n) is 5.10. The van der Waals surface area contributed by atoms with Crippen LogP contribution in [-0.4, -0.2) is 16.8 Å². The van der Waals surface area contributed by atoms with Crippen molar-refractivity contribution in [3.8, 4) is 5.75 Å². The molecule has 0 heterocycles. The molecule has 0 bridgehead atoms. The molecule has 0 radical (unpaired) electrons. The van der Waals surface area contributed by atoms with Gasteiger partial charge < -0.3 is 15.5 Å². The van der Waals surface area contributed by atoms with Crippen molar-refractivity contribution in [3.05, 3.63) is 59.4 Å². The SMILES string of the molecule is CC(Nc1cccc(CCCO)c1)c1ccc(O)cc1F. The highest BCUT2D eigenvalue weighted by atomic mass is 19.1. The quantitative estimate of drug-likeness (QED) is 0.761. The molecule has 0 aliphatic heterocycles. The van der Waals surface area contributed by atoms with Crippen molar-refractivity contribution in [2.45, 2.75) is 25.8 Å². The monoisotopic (exact) mass is 289 g/mol. The van der Waals surface area contributed by atoms with Crippen LogP contribution in [0.5, 0.6) is 5.75 Å². The molecule has 0 spiro atoms. The molecule has 0 aliphatic rings. The first-order valence-corrected chi connectivity index (χ1v) is 7.05. The predicted octanol–water partition coefficient (Wildman–Crippen LogP) is 3.63. The van der Waals surface area contributed by atoms with Crippen LogP contribution in [0.3, 0.4) is 0 Å². The molecule has 0 fully saturated rings. The largest absolute Gasteiger partial charge is 0.508 e. The highest BCUT2D eigenvalue weighted by Gasteiger charge is 2.11. The maximum atomic E-state index is 13.8.